The Morgan fingerprint density at radius 3 is 2.87 bits per heavy atom. The molecule has 0 saturated carbocycles. The molecule has 1 aromatic heterocycles. The number of hydrazine groups is 2. The maximum Gasteiger partial charge on any atom is 0.347 e. The summed E-state index contributed by atoms with van der Waals surface area (Å²) in [5.41, 5.74) is 0.467. The van der Waals surface area contributed by atoms with Gasteiger partial charge in [0.15, 0.2) is 0 Å². The van der Waals surface area contributed by atoms with Gasteiger partial charge >= 0.3 is 6.03 Å². The van der Waals surface area contributed by atoms with Crippen molar-refractivity contribution >= 4 is 58.7 Å². The zero-order valence-electron chi connectivity index (χ0n) is 15.7. The van der Waals surface area contributed by atoms with Gasteiger partial charge in [-0.3, -0.25) is 9.78 Å². The van der Waals surface area contributed by atoms with Crippen molar-refractivity contribution in [3.63, 3.8) is 0 Å². The van der Waals surface area contributed by atoms with E-state index in [1.54, 1.807) is 12.1 Å². The molecule has 2 aromatic rings. The molecule has 1 aromatic carbocycles. The fourth-order valence-corrected chi connectivity index (χ4v) is 3.41. The van der Waals surface area contributed by atoms with Crippen LogP contribution in [0.3, 0.4) is 0 Å². The van der Waals surface area contributed by atoms with E-state index in [1.807, 2.05) is 22.6 Å². The van der Waals surface area contributed by atoms with E-state index in [4.69, 9.17) is 10.6 Å². The quantitative estimate of drug-likeness (QED) is 0.151. The van der Waals surface area contributed by atoms with Gasteiger partial charge in [0.1, 0.15) is 5.82 Å². The number of pyridine rings is 1. The molecule has 1 fully saturated rings. The van der Waals surface area contributed by atoms with Crippen LogP contribution in [0.25, 0.3) is 0 Å². The molecule has 0 aliphatic carbocycles. The molecule has 3 rings (SSSR count). The van der Waals surface area contributed by atoms with Crippen molar-refractivity contribution in [2.45, 2.75) is 18.9 Å². The molecule has 160 valence electrons. The number of benzene rings is 1. The summed E-state index contributed by atoms with van der Waals surface area (Å²) in [6.07, 6.45) is 4.46. The monoisotopic (exact) mass is 546 g/mol. The van der Waals surface area contributed by atoms with E-state index in [-0.39, 0.29) is 29.6 Å². The van der Waals surface area contributed by atoms with Crippen LogP contribution in [0.4, 0.5) is 20.6 Å². The first-order chi connectivity index (χ1) is 14.4. The number of carbonyl (C=O) groups excluding carboxylic acids is 2. The Bertz CT molecular complexity index is 931. The third kappa shape index (κ3) is 5.50. The number of nitrogens with two attached hydrogens (primary N) is 1. The summed E-state index contributed by atoms with van der Waals surface area (Å²) in [4.78, 5) is 29.1. The third-order valence-electron chi connectivity index (χ3n) is 4.35. The number of nitrogens with zero attached hydrogens (tertiary/aromatic N) is 3. The minimum absolute atomic E-state index is 0.0718. The molecule has 1 unspecified atom stereocenters. The summed E-state index contributed by atoms with van der Waals surface area (Å²) >= 11 is 6.00. The van der Waals surface area contributed by atoms with E-state index < -0.39 is 17.8 Å². The van der Waals surface area contributed by atoms with Gasteiger partial charge in [-0.25, -0.2) is 15.0 Å². The Labute approximate surface area is 191 Å². The first-order valence-corrected chi connectivity index (χ1v) is 10.5. The van der Waals surface area contributed by atoms with Gasteiger partial charge in [-0.2, -0.15) is 9.53 Å². The molecule has 0 spiro atoms. The molecular weight excluding hydrogens is 526 g/mol. The maximum atomic E-state index is 14.2. The molecule has 9 nitrogen and oxygen atoms in total. The van der Waals surface area contributed by atoms with Crippen LogP contribution in [0, 0.1) is 9.39 Å². The number of rotatable bonds is 5. The maximum absolute atomic E-state index is 14.2. The molecule has 3 amide bonds. The SMILES string of the molecule is NN(C(=O)c1ccncc1Nc1ccc(I)cc1F)N(S)C(=O)NCC1CCCO1. The molecule has 30 heavy (non-hydrogen) atoms. The molecule has 4 N–H and O–H groups in total. The van der Waals surface area contributed by atoms with Crippen LogP contribution in [0.1, 0.15) is 23.2 Å². The molecule has 1 aliphatic heterocycles. The minimum Gasteiger partial charge on any atom is -0.376 e. The predicted octanol–water partition coefficient (Wildman–Crippen LogP) is 2.84. The van der Waals surface area contributed by atoms with Crippen LogP contribution in [0.15, 0.2) is 36.7 Å². The Morgan fingerprint density at radius 2 is 2.17 bits per heavy atom. The normalized spacial score (nSPS) is 15.5. The molecule has 12 heteroatoms. The van der Waals surface area contributed by atoms with Crippen molar-refractivity contribution < 1.29 is 18.7 Å². The van der Waals surface area contributed by atoms with Crippen molar-refractivity contribution in [3.05, 3.63) is 51.6 Å². The van der Waals surface area contributed by atoms with Crippen molar-refractivity contribution in [2.24, 2.45) is 5.84 Å². The van der Waals surface area contributed by atoms with E-state index in [0.717, 1.165) is 16.4 Å². The number of carbonyl (C=O) groups is 2. The number of hydrogen-bond acceptors (Lipinski definition) is 7. The largest absolute Gasteiger partial charge is 0.376 e. The first-order valence-electron chi connectivity index (χ1n) is 9.00. The highest BCUT2D eigenvalue weighted by Crippen LogP contribution is 2.24. The summed E-state index contributed by atoms with van der Waals surface area (Å²) in [5, 5.41) is 6.00. The van der Waals surface area contributed by atoms with Crippen LogP contribution >= 0.6 is 35.4 Å². The first kappa shape index (κ1) is 22.5. The van der Waals surface area contributed by atoms with Gasteiger partial charge in [0.25, 0.3) is 5.91 Å². The van der Waals surface area contributed by atoms with Gasteiger partial charge in [0.2, 0.25) is 0 Å². The van der Waals surface area contributed by atoms with Crippen LogP contribution in [0.2, 0.25) is 0 Å². The van der Waals surface area contributed by atoms with Crippen LogP contribution in [-0.4, -0.2) is 45.7 Å². The fourth-order valence-electron chi connectivity index (χ4n) is 2.80. The molecule has 0 bridgehead atoms. The van der Waals surface area contributed by atoms with Crippen molar-refractivity contribution in [2.75, 3.05) is 18.5 Å². The topological polar surface area (TPSA) is 113 Å². The molecular formula is C18H20FIN6O3S. The van der Waals surface area contributed by atoms with E-state index in [1.165, 1.54) is 24.5 Å². The molecule has 1 saturated heterocycles. The Morgan fingerprint density at radius 1 is 1.37 bits per heavy atom. The second-order valence-electron chi connectivity index (χ2n) is 6.43. The number of thiol groups is 1. The second-order valence-corrected chi connectivity index (χ2v) is 8.06. The zero-order valence-corrected chi connectivity index (χ0v) is 18.8. The molecule has 0 radical (unpaired) electrons. The molecule has 1 atom stereocenters. The van der Waals surface area contributed by atoms with Crippen molar-refractivity contribution in [3.8, 4) is 0 Å². The lowest BCUT2D eigenvalue weighted by molar-refractivity contribution is 0.0479. The third-order valence-corrected chi connectivity index (χ3v) is 5.40. The smallest absolute Gasteiger partial charge is 0.347 e. The highest BCUT2D eigenvalue weighted by atomic mass is 127. The Balaban J connectivity index is 1.70. The predicted molar refractivity (Wildman–Crippen MR) is 120 cm³/mol. The lowest BCUT2D eigenvalue weighted by Crippen LogP contribution is -2.53. The molecule has 1 aliphatic rings. The summed E-state index contributed by atoms with van der Waals surface area (Å²) < 4.78 is 21.0. The van der Waals surface area contributed by atoms with E-state index in [9.17, 15) is 14.0 Å². The number of nitrogens with one attached hydrogen (secondary N) is 2. The number of amides is 3. The van der Waals surface area contributed by atoms with Gasteiger partial charge in [0, 0.05) is 22.9 Å². The zero-order chi connectivity index (χ0) is 21.7. The number of ether oxygens (including phenoxy) is 1. The fraction of sp³-hybridized carbons (Fsp3) is 0.278. The Hall–Kier alpha value is -2.16. The van der Waals surface area contributed by atoms with Crippen LogP contribution in [0.5, 0.6) is 0 Å². The number of hydrogen-bond donors (Lipinski definition) is 4. The van der Waals surface area contributed by atoms with E-state index in [0.29, 0.717) is 16.1 Å². The summed E-state index contributed by atoms with van der Waals surface area (Å²) in [6, 6.07) is 5.33. The van der Waals surface area contributed by atoms with Gasteiger partial charge in [-0.15, -0.1) is 0 Å². The standard InChI is InChI=1S/C18H20FIN6O3S/c19-14-8-11(20)3-4-15(14)24-16-10-22-6-5-13(16)17(27)25(21)26(30)18(28)23-9-12-2-1-7-29-12/h3-6,8,10,12,24,30H,1-2,7,9,21H2,(H,23,28). The Kier molecular flexibility index (Phi) is 7.69. The lowest BCUT2D eigenvalue weighted by Gasteiger charge is -2.26. The van der Waals surface area contributed by atoms with Gasteiger partial charge < -0.3 is 15.4 Å². The minimum atomic E-state index is -0.743. The average Bonchev–Trinajstić information content (AvgIpc) is 3.26. The van der Waals surface area contributed by atoms with E-state index in [2.05, 4.69) is 28.4 Å². The van der Waals surface area contributed by atoms with Crippen molar-refractivity contribution in [1.29, 1.82) is 0 Å². The average molecular weight is 546 g/mol. The highest BCUT2D eigenvalue weighted by Gasteiger charge is 2.26. The highest BCUT2D eigenvalue weighted by molar-refractivity contribution is 14.1. The summed E-state index contributed by atoms with van der Waals surface area (Å²) in [7, 11) is 0. The number of aromatic nitrogens is 1. The second kappa shape index (κ2) is 10.2. The van der Waals surface area contributed by atoms with E-state index >= 15 is 0 Å². The summed E-state index contributed by atoms with van der Waals surface area (Å²) in [6.45, 7) is 0.942. The number of urea groups is 1. The lowest BCUT2D eigenvalue weighted by atomic mass is 10.2. The van der Waals surface area contributed by atoms with Gasteiger partial charge in [-0.1, -0.05) is 0 Å². The number of anilines is 2. The van der Waals surface area contributed by atoms with Gasteiger partial charge in [-0.05, 0) is 72.5 Å². The molecule has 2 heterocycles. The van der Waals surface area contributed by atoms with Crippen LogP contribution in [-0.2, 0) is 4.74 Å². The number of halogens is 2. The van der Waals surface area contributed by atoms with Crippen LogP contribution < -0.4 is 16.5 Å². The van der Waals surface area contributed by atoms with Crippen molar-refractivity contribution in [1.82, 2.24) is 19.8 Å². The summed E-state index contributed by atoms with van der Waals surface area (Å²) in [5.74, 6) is 4.58. The van der Waals surface area contributed by atoms with Gasteiger partial charge in [0.05, 0.1) is 29.2 Å².